The zero-order valence-electron chi connectivity index (χ0n) is 8.87. The van der Waals surface area contributed by atoms with Crippen LogP contribution in [0, 0.1) is 0 Å². The Morgan fingerprint density at radius 3 is 2.93 bits per heavy atom. The van der Waals surface area contributed by atoms with Gasteiger partial charge in [-0.15, -0.1) is 0 Å². The Morgan fingerprint density at radius 2 is 2.27 bits per heavy atom. The van der Waals surface area contributed by atoms with Crippen molar-refractivity contribution in [2.24, 2.45) is 0 Å². The summed E-state index contributed by atoms with van der Waals surface area (Å²) in [5, 5.41) is 3.53. The van der Waals surface area contributed by atoms with E-state index in [4.69, 9.17) is 4.74 Å². The second kappa shape index (κ2) is 5.10. The molecule has 2 nitrogen and oxygen atoms in total. The Morgan fingerprint density at radius 1 is 1.47 bits per heavy atom. The quantitative estimate of drug-likeness (QED) is 0.911. The molecule has 0 unspecified atom stereocenters. The van der Waals surface area contributed by atoms with Crippen LogP contribution in [0.15, 0.2) is 28.7 Å². The standard InChI is InChI=1S/C12H16BrNO/c1-9-12(6-7-15-9)14-8-10-4-2-3-5-11(10)13/h2-5,9,12,14H,6-8H2,1H3/t9-,12-/m1/s1. The highest BCUT2D eigenvalue weighted by molar-refractivity contribution is 9.10. The molecule has 2 atom stereocenters. The smallest absolute Gasteiger partial charge is 0.0700 e. The number of hydrogen-bond donors (Lipinski definition) is 1. The molecule has 0 bridgehead atoms. The molecule has 1 fully saturated rings. The molecule has 1 aliphatic heterocycles. The van der Waals surface area contributed by atoms with Crippen LogP contribution in [-0.2, 0) is 11.3 Å². The van der Waals surface area contributed by atoms with Crippen LogP contribution < -0.4 is 5.32 Å². The number of hydrogen-bond acceptors (Lipinski definition) is 2. The van der Waals surface area contributed by atoms with E-state index in [1.807, 2.05) is 6.07 Å². The van der Waals surface area contributed by atoms with Gasteiger partial charge in [0.05, 0.1) is 6.10 Å². The maximum absolute atomic E-state index is 5.51. The molecule has 15 heavy (non-hydrogen) atoms. The first-order valence-electron chi connectivity index (χ1n) is 5.36. The van der Waals surface area contributed by atoms with Crippen molar-refractivity contribution >= 4 is 15.9 Å². The zero-order valence-corrected chi connectivity index (χ0v) is 10.5. The summed E-state index contributed by atoms with van der Waals surface area (Å²) in [6.45, 7) is 3.92. The van der Waals surface area contributed by atoms with E-state index in [9.17, 15) is 0 Å². The molecule has 0 saturated carbocycles. The fraction of sp³-hybridized carbons (Fsp3) is 0.500. The highest BCUT2D eigenvalue weighted by atomic mass is 79.9. The van der Waals surface area contributed by atoms with Crippen molar-refractivity contribution in [1.82, 2.24) is 5.32 Å². The van der Waals surface area contributed by atoms with Gasteiger partial charge in [-0.05, 0) is 25.0 Å². The van der Waals surface area contributed by atoms with Crippen LogP contribution in [0.2, 0.25) is 0 Å². The number of halogens is 1. The maximum atomic E-state index is 5.51. The zero-order chi connectivity index (χ0) is 10.7. The lowest BCUT2D eigenvalue weighted by Gasteiger charge is -2.16. The van der Waals surface area contributed by atoms with Crippen LogP contribution >= 0.6 is 15.9 Å². The van der Waals surface area contributed by atoms with E-state index in [2.05, 4.69) is 46.4 Å². The molecule has 1 saturated heterocycles. The molecule has 0 radical (unpaired) electrons. The minimum atomic E-state index is 0.340. The normalized spacial score (nSPS) is 25.7. The first-order chi connectivity index (χ1) is 7.27. The number of nitrogens with one attached hydrogen (secondary N) is 1. The third-order valence-corrected chi connectivity index (χ3v) is 3.66. The average Bonchev–Trinajstić information content (AvgIpc) is 2.63. The van der Waals surface area contributed by atoms with E-state index in [0.717, 1.165) is 19.6 Å². The largest absolute Gasteiger partial charge is 0.377 e. The summed E-state index contributed by atoms with van der Waals surface area (Å²) in [6, 6.07) is 8.81. The van der Waals surface area contributed by atoms with E-state index in [-0.39, 0.29) is 0 Å². The van der Waals surface area contributed by atoms with Gasteiger partial charge >= 0.3 is 0 Å². The highest BCUT2D eigenvalue weighted by Crippen LogP contribution is 2.17. The van der Waals surface area contributed by atoms with Crippen LogP contribution in [0.1, 0.15) is 18.9 Å². The lowest BCUT2D eigenvalue weighted by Crippen LogP contribution is -2.34. The summed E-state index contributed by atoms with van der Waals surface area (Å²) in [7, 11) is 0. The summed E-state index contributed by atoms with van der Waals surface area (Å²) < 4.78 is 6.68. The summed E-state index contributed by atoms with van der Waals surface area (Å²) in [5.41, 5.74) is 1.30. The number of benzene rings is 1. The molecule has 82 valence electrons. The van der Waals surface area contributed by atoms with E-state index in [0.29, 0.717) is 12.1 Å². The van der Waals surface area contributed by atoms with E-state index in [1.165, 1.54) is 10.0 Å². The second-order valence-corrected chi connectivity index (χ2v) is 4.80. The minimum Gasteiger partial charge on any atom is -0.377 e. The molecule has 1 aromatic carbocycles. The van der Waals surface area contributed by atoms with Crippen molar-refractivity contribution in [1.29, 1.82) is 0 Å². The van der Waals surface area contributed by atoms with Crippen molar-refractivity contribution in [3.63, 3.8) is 0 Å². The molecular formula is C12H16BrNO. The van der Waals surface area contributed by atoms with Crippen molar-refractivity contribution in [3.8, 4) is 0 Å². The third-order valence-electron chi connectivity index (χ3n) is 2.89. The predicted molar refractivity (Wildman–Crippen MR) is 64.8 cm³/mol. The number of ether oxygens (including phenoxy) is 1. The highest BCUT2D eigenvalue weighted by Gasteiger charge is 2.23. The van der Waals surface area contributed by atoms with Gasteiger partial charge in [0.15, 0.2) is 0 Å². The molecule has 1 heterocycles. The summed E-state index contributed by atoms with van der Waals surface area (Å²) >= 11 is 3.55. The number of rotatable bonds is 3. The van der Waals surface area contributed by atoms with Gasteiger partial charge in [0.2, 0.25) is 0 Å². The van der Waals surface area contributed by atoms with Crippen molar-refractivity contribution in [2.45, 2.75) is 32.0 Å². The van der Waals surface area contributed by atoms with Crippen LogP contribution in [0.4, 0.5) is 0 Å². The predicted octanol–water partition coefficient (Wildman–Crippen LogP) is 2.72. The molecule has 3 heteroatoms. The molecule has 0 aromatic heterocycles. The monoisotopic (exact) mass is 269 g/mol. The topological polar surface area (TPSA) is 21.3 Å². The minimum absolute atomic E-state index is 0.340. The average molecular weight is 270 g/mol. The van der Waals surface area contributed by atoms with Crippen molar-refractivity contribution in [2.75, 3.05) is 6.61 Å². The van der Waals surface area contributed by atoms with E-state index in [1.54, 1.807) is 0 Å². The molecule has 1 aromatic rings. The Bertz CT molecular complexity index is 329. The molecule has 0 amide bonds. The first kappa shape index (κ1) is 11.1. The van der Waals surface area contributed by atoms with Crippen molar-refractivity contribution in [3.05, 3.63) is 34.3 Å². The molecule has 2 rings (SSSR count). The Balaban J connectivity index is 1.90. The Hall–Kier alpha value is -0.380. The maximum Gasteiger partial charge on any atom is 0.0700 e. The van der Waals surface area contributed by atoms with Gasteiger partial charge in [-0.25, -0.2) is 0 Å². The van der Waals surface area contributed by atoms with Crippen LogP contribution in [0.3, 0.4) is 0 Å². The summed E-state index contributed by atoms with van der Waals surface area (Å²) in [4.78, 5) is 0. The van der Waals surface area contributed by atoms with Gasteiger partial charge in [0.1, 0.15) is 0 Å². The van der Waals surface area contributed by atoms with Gasteiger partial charge in [0, 0.05) is 23.7 Å². The summed E-state index contributed by atoms with van der Waals surface area (Å²) in [5.74, 6) is 0. The van der Waals surface area contributed by atoms with Crippen LogP contribution in [0.5, 0.6) is 0 Å². The van der Waals surface area contributed by atoms with Crippen molar-refractivity contribution < 1.29 is 4.74 Å². The Kier molecular flexibility index (Phi) is 3.78. The molecule has 0 spiro atoms. The SMILES string of the molecule is C[C@H]1OCC[C@H]1NCc1ccccc1Br. The summed E-state index contributed by atoms with van der Waals surface area (Å²) in [6.07, 6.45) is 1.46. The van der Waals surface area contributed by atoms with Gasteiger partial charge in [-0.3, -0.25) is 0 Å². The van der Waals surface area contributed by atoms with Gasteiger partial charge in [-0.2, -0.15) is 0 Å². The van der Waals surface area contributed by atoms with Crippen LogP contribution in [-0.4, -0.2) is 18.8 Å². The molecule has 1 aliphatic rings. The van der Waals surface area contributed by atoms with Crippen LogP contribution in [0.25, 0.3) is 0 Å². The van der Waals surface area contributed by atoms with Gasteiger partial charge in [0.25, 0.3) is 0 Å². The second-order valence-electron chi connectivity index (χ2n) is 3.94. The third kappa shape index (κ3) is 2.80. The van der Waals surface area contributed by atoms with E-state index >= 15 is 0 Å². The fourth-order valence-electron chi connectivity index (χ4n) is 1.88. The lowest BCUT2D eigenvalue weighted by molar-refractivity contribution is 0.113. The fourth-order valence-corrected chi connectivity index (χ4v) is 2.31. The first-order valence-corrected chi connectivity index (χ1v) is 6.15. The van der Waals surface area contributed by atoms with Gasteiger partial charge < -0.3 is 10.1 Å². The molecule has 1 N–H and O–H groups in total. The molecular weight excluding hydrogens is 254 g/mol. The lowest BCUT2D eigenvalue weighted by atomic mass is 10.1. The Labute approximate surface area is 99.1 Å². The van der Waals surface area contributed by atoms with Gasteiger partial charge in [-0.1, -0.05) is 34.1 Å². The molecule has 0 aliphatic carbocycles. The van der Waals surface area contributed by atoms with E-state index < -0.39 is 0 Å².